The summed E-state index contributed by atoms with van der Waals surface area (Å²) in [5.41, 5.74) is 0. The van der Waals surface area contributed by atoms with Crippen LogP contribution in [0.3, 0.4) is 0 Å². The molecule has 7 heteroatoms. The Morgan fingerprint density at radius 1 is 1.16 bits per heavy atom. The van der Waals surface area contributed by atoms with E-state index in [0.717, 1.165) is 25.7 Å². The fourth-order valence-corrected chi connectivity index (χ4v) is 4.28. The van der Waals surface area contributed by atoms with Gasteiger partial charge in [0.25, 0.3) is 6.02 Å². The van der Waals surface area contributed by atoms with Gasteiger partial charge in [0.2, 0.25) is 10.0 Å². The molecule has 108 valence electrons. The van der Waals surface area contributed by atoms with Crippen molar-refractivity contribution in [2.45, 2.75) is 55.9 Å². The molecule has 1 saturated carbocycles. The molecular weight excluding hydrogens is 268 g/mol. The van der Waals surface area contributed by atoms with Gasteiger partial charge >= 0.3 is 0 Å². The lowest BCUT2D eigenvalue weighted by Gasteiger charge is -2.36. The zero-order valence-corrected chi connectivity index (χ0v) is 11.7. The molecule has 1 N–H and O–H groups in total. The average molecular weight is 288 g/mol. The third-order valence-electron chi connectivity index (χ3n) is 4.01. The molecule has 0 aromatic rings. The van der Waals surface area contributed by atoms with Crippen LogP contribution in [0.4, 0.5) is 0 Å². The molecular formula is C12H20N2O4S. The molecule has 2 saturated heterocycles. The van der Waals surface area contributed by atoms with Crippen molar-refractivity contribution in [3.63, 3.8) is 0 Å². The van der Waals surface area contributed by atoms with Gasteiger partial charge in [-0.05, 0) is 12.8 Å². The van der Waals surface area contributed by atoms with Crippen molar-refractivity contribution in [1.82, 2.24) is 4.72 Å². The lowest BCUT2D eigenvalue weighted by molar-refractivity contribution is 0.0175. The maximum absolute atomic E-state index is 12.1. The van der Waals surface area contributed by atoms with E-state index in [9.17, 15) is 8.42 Å². The summed E-state index contributed by atoms with van der Waals surface area (Å²) in [5, 5.41) is -0.605. The smallest absolute Gasteiger partial charge is 0.299 e. The van der Waals surface area contributed by atoms with E-state index in [-0.39, 0.29) is 24.8 Å². The van der Waals surface area contributed by atoms with Crippen LogP contribution in [-0.4, -0.2) is 45.0 Å². The lowest BCUT2D eigenvalue weighted by atomic mass is 9.96. The summed E-state index contributed by atoms with van der Waals surface area (Å²) in [6.07, 6.45) is 5.90. The summed E-state index contributed by atoms with van der Waals surface area (Å²) in [5.74, 6) is 0. The molecule has 2 heterocycles. The van der Waals surface area contributed by atoms with Gasteiger partial charge in [-0.3, -0.25) is 0 Å². The molecule has 1 aliphatic carbocycles. The molecule has 0 aromatic heterocycles. The van der Waals surface area contributed by atoms with Crippen LogP contribution in [0.25, 0.3) is 0 Å². The van der Waals surface area contributed by atoms with E-state index >= 15 is 0 Å². The molecule has 2 aliphatic heterocycles. The van der Waals surface area contributed by atoms with Crippen molar-refractivity contribution >= 4 is 16.0 Å². The van der Waals surface area contributed by atoms with Crippen molar-refractivity contribution in [2.24, 2.45) is 4.99 Å². The van der Waals surface area contributed by atoms with E-state index in [1.165, 1.54) is 6.42 Å². The van der Waals surface area contributed by atoms with Crippen LogP contribution in [0.1, 0.15) is 38.5 Å². The first kappa shape index (κ1) is 13.2. The van der Waals surface area contributed by atoms with Crippen LogP contribution in [0.5, 0.6) is 0 Å². The second kappa shape index (κ2) is 5.28. The summed E-state index contributed by atoms with van der Waals surface area (Å²) < 4.78 is 37.6. The van der Waals surface area contributed by atoms with Crippen LogP contribution in [0.2, 0.25) is 0 Å². The summed E-state index contributed by atoms with van der Waals surface area (Å²) in [6.45, 7) is 0.754. The Labute approximate surface area is 113 Å². The number of aliphatic imine (C=N–C) groups is 1. The van der Waals surface area contributed by atoms with Crippen molar-refractivity contribution in [1.29, 1.82) is 0 Å². The largest absolute Gasteiger partial charge is 0.460 e. The van der Waals surface area contributed by atoms with Crippen LogP contribution >= 0.6 is 0 Å². The number of fused-ring (bicyclic) bond motifs is 1. The highest BCUT2D eigenvalue weighted by atomic mass is 32.2. The van der Waals surface area contributed by atoms with Gasteiger partial charge in [0.05, 0.1) is 19.3 Å². The van der Waals surface area contributed by atoms with Crippen LogP contribution in [-0.2, 0) is 19.5 Å². The van der Waals surface area contributed by atoms with Gasteiger partial charge in [0, 0.05) is 6.42 Å². The number of sulfonamides is 1. The highest BCUT2D eigenvalue weighted by Gasteiger charge is 2.43. The number of rotatable bonds is 1. The normalized spacial score (nSPS) is 37.2. The number of nitrogens with zero attached hydrogens (tertiary/aromatic N) is 1. The van der Waals surface area contributed by atoms with Gasteiger partial charge in [0.15, 0.2) is 0 Å². The SMILES string of the molecule is O=S1(=O)NC(=NC2CCCCC2)O[C@H]2CCOC[C@H]21. The maximum atomic E-state index is 12.1. The van der Waals surface area contributed by atoms with E-state index in [1.54, 1.807) is 0 Å². The minimum Gasteiger partial charge on any atom is -0.460 e. The Hall–Kier alpha value is -0.820. The number of hydrogen-bond acceptors (Lipinski definition) is 5. The molecule has 2 atom stereocenters. The minimum absolute atomic E-state index is 0.190. The monoisotopic (exact) mass is 288 g/mol. The summed E-state index contributed by atoms with van der Waals surface area (Å²) in [7, 11) is -3.41. The van der Waals surface area contributed by atoms with Crippen LogP contribution in [0.15, 0.2) is 4.99 Å². The standard InChI is InChI=1S/C12H20N2O4S/c15-19(16)11-8-17-7-6-10(11)18-12(14-19)13-9-4-2-1-3-5-9/h9-11H,1-8H2,(H,13,14)/t10-,11+/m0/s1. The Morgan fingerprint density at radius 2 is 1.95 bits per heavy atom. The predicted molar refractivity (Wildman–Crippen MR) is 70.5 cm³/mol. The van der Waals surface area contributed by atoms with E-state index in [0.29, 0.717) is 13.0 Å². The summed E-state index contributed by atoms with van der Waals surface area (Å²) >= 11 is 0. The third kappa shape index (κ3) is 2.86. The molecule has 0 radical (unpaired) electrons. The Kier molecular flexibility index (Phi) is 3.66. The fraction of sp³-hybridized carbons (Fsp3) is 0.917. The van der Waals surface area contributed by atoms with Gasteiger partial charge in [-0.25, -0.2) is 18.1 Å². The highest BCUT2D eigenvalue weighted by molar-refractivity contribution is 7.90. The average Bonchev–Trinajstić information content (AvgIpc) is 2.39. The van der Waals surface area contributed by atoms with Gasteiger partial charge < -0.3 is 9.47 Å². The molecule has 0 spiro atoms. The molecule has 0 bridgehead atoms. The Bertz CT molecular complexity index is 456. The number of nitrogens with one attached hydrogen (secondary N) is 1. The molecule has 19 heavy (non-hydrogen) atoms. The lowest BCUT2D eigenvalue weighted by Crippen LogP contribution is -2.57. The van der Waals surface area contributed by atoms with E-state index < -0.39 is 15.3 Å². The second-order valence-corrected chi connectivity index (χ2v) is 7.33. The van der Waals surface area contributed by atoms with Crippen LogP contribution in [0, 0.1) is 0 Å². The van der Waals surface area contributed by atoms with E-state index in [2.05, 4.69) is 9.71 Å². The highest BCUT2D eigenvalue weighted by Crippen LogP contribution is 2.24. The molecule has 0 aromatic carbocycles. The summed E-state index contributed by atoms with van der Waals surface area (Å²) in [4.78, 5) is 4.45. The van der Waals surface area contributed by atoms with Crippen molar-refractivity contribution in [3.8, 4) is 0 Å². The topological polar surface area (TPSA) is 77.0 Å². The van der Waals surface area contributed by atoms with Gasteiger partial charge in [-0.15, -0.1) is 0 Å². The molecule has 3 aliphatic rings. The summed E-state index contributed by atoms with van der Waals surface area (Å²) in [6, 6.07) is 0.387. The zero-order chi connectivity index (χ0) is 13.3. The zero-order valence-electron chi connectivity index (χ0n) is 10.9. The molecule has 3 rings (SSSR count). The first-order valence-corrected chi connectivity index (χ1v) is 8.53. The molecule has 0 unspecified atom stereocenters. The van der Waals surface area contributed by atoms with Gasteiger partial charge in [-0.2, -0.15) is 0 Å². The number of hydrogen-bond donors (Lipinski definition) is 1. The quantitative estimate of drug-likeness (QED) is 0.773. The van der Waals surface area contributed by atoms with Crippen molar-refractivity contribution in [3.05, 3.63) is 0 Å². The number of amidine groups is 1. The van der Waals surface area contributed by atoms with Gasteiger partial charge in [0.1, 0.15) is 11.4 Å². The van der Waals surface area contributed by atoms with E-state index in [1.807, 2.05) is 0 Å². The molecule has 6 nitrogen and oxygen atoms in total. The first-order valence-electron chi connectivity index (χ1n) is 6.99. The fourth-order valence-electron chi connectivity index (χ4n) is 2.91. The molecule has 3 fully saturated rings. The maximum Gasteiger partial charge on any atom is 0.299 e. The second-order valence-electron chi connectivity index (χ2n) is 5.43. The number of ether oxygens (including phenoxy) is 2. The van der Waals surface area contributed by atoms with Gasteiger partial charge in [-0.1, -0.05) is 19.3 Å². The Morgan fingerprint density at radius 3 is 2.74 bits per heavy atom. The molecule has 0 amide bonds. The van der Waals surface area contributed by atoms with Crippen LogP contribution < -0.4 is 4.72 Å². The van der Waals surface area contributed by atoms with Crippen molar-refractivity contribution < 1.29 is 17.9 Å². The van der Waals surface area contributed by atoms with Crippen molar-refractivity contribution in [2.75, 3.05) is 13.2 Å². The Balaban J connectivity index is 1.75. The first-order chi connectivity index (χ1) is 9.15. The van der Waals surface area contributed by atoms with E-state index in [4.69, 9.17) is 9.47 Å². The predicted octanol–water partition coefficient (Wildman–Crippen LogP) is 0.782. The minimum atomic E-state index is -3.41. The third-order valence-corrected chi connectivity index (χ3v) is 5.71.